The van der Waals surface area contributed by atoms with E-state index in [1.165, 1.54) is 5.56 Å². The van der Waals surface area contributed by atoms with E-state index in [2.05, 4.69) is 43.0 Å². The van der Waals surface area contributed by atoms with Gasteiger partial charge in [-0.2, -0.15) is 0 Å². The minimum atomic E-state index is 0.162. The molecule has 1 aliphatic heterocycles. The maximum Gasteiger partial charge on any atom is 0.145 e. The molecule has 2 aromatic carbocycles. The molecule has 0 bridgehead atoms. The van der Waals surface area contributed by atoms with Crippen LogP contribution in [-0.2, 0) is 0 Å². The molecule has 3 rings (SSSR count). The van der Waals surface area contributed by atoms with Crippen LogP contribution in [0.15, 0.2) is 48.5 Å². The molecule has 2 N–H and O–H groups in total. The van der Waals surface area contributed by atoms with E-state index in [1.54, 1.807) is 0 Å². The quantitative estimate of drug-likeness (QED) is 0.845. The second-order valence-corrected chi connectivity index (χ2v) is 5.36. The van der Waals surface area contributed by atoms with Gasteiger partial charge in [-0.25, -0.2) is 0 Å². The molecule has 2 aromatic rings. The number of nitrogens with zero attached hydrogens (tertiary/aromatic N) is 1. The summed E-state index contributed by atoms with van der Waals surface area (Å²) in [5.74, 6) is 0.881. The smallest absolute Gasteiger partial charge is 0.145 e. The van der Waals surface area contributed by atoms with Crippen molar-refractivity contribution in [3.63, 3.8) is 0 Å². The highest BCUT2D eigenvalue weighted by Crippen LogP contribution is 2.42. The van der Waals surface area contributed by atoms with Gasteiger partial charge in [0, 0.05) is 0 Å². The molecule has 3 heteroatoms. The van der Waals surface area contributed by atoms with Gasteiger partial charge in [-0.15, -0.1) is 0 Å². The lowest BCUT2D eigenvalue weighted by Gasteiger charge is -2.39. The first-order valence-corrected chi connectivity index (χ1v) is 7.03. The van der Waals surface area contributed by atoms with Crippen LogP contribution in [0.3, 0.4) is 0 Å². The number of fused-ring (bicyclic) bond motifs is 1. The van der Waals surface area contributed by atoms with Crippen LogP contribution < -0.4 is 15.4 Å². The minimum absolute atomic E-state index is 0.162. The lowest BCUT2D eigenvalue weighted by molar-refractivity contribution is 0.209. The Morgan fingerprint density at radius 2 is 1.90 bits per heavy atom. The van der Waals surface area contributed by atoms with E-state index in [0.29, 0.717) is 0 Å². The fourth-order valence-corrected chi connectivity index (χ4v) is 2.83. The van der Waals surface area contributed by atoms with E-state index < -0.39 is 0 Å². The van der Waals surface area contributed by atoms with Crippen LogP contribution in [0, 0.1) is 0 Å². The average molecular weight is 268 g/mol. The monoisotopic (exact) mass is 268 g/mol. The Morgan fingerprint density at radius 3 is 2.65 bits per heavy atom. The molecule has 0 saturated heterocycles. The predicted molar refractivity (Wildman–Crippen MR) is 83.1 cm³/mol. The number of benzene rings is 2. The Labute approximate surface area is 120 Å². The first kappa shape index (κ1) is 12.9. The van der Waals surface area contributed by atoms with Gasteiger partial charge in [0.2, 0.25) is 0 Å². The van der Waals surface area contributed by atoms with E-state index in [4.69, 9.17) is 10.5 Å². The number of hydrogen-bond acceptors (Lipinski definition) is 3. The summed E-state index contributed by atoms with van der Waals surface area (Å²) in [7, 11) is 0. The van der Waals surface area contributed by atoms with Crippen LogP contribution in [0.2, 0.25) is 0 Å². The molecular formula is C17H20N2O. The van der Waals surface area contributed by atoms with Crippen molar-refractivity contribution in [2.24, 2.45) is 0 Å². The van der Waals surface area contributed by atoms with Gasteiger partial charge in [0.25, 0.3) is 0 Å². The molecule has 0 aliphatic carbocycles. The maximum atomic E-state index is 6.17. The molecule has 3 nitrogen and oxygen atoms in total. The first-order chi connectivity index (χ1) is 9.66. The van der Waals surface area contributed by atoms with E-state index in [9.17, 15) is 0 Å². The molecule has 1 heterocycles. The van der Waals surface area contributed by atoms with Crippen LogP contribution in [-0.4, -0.2) is 12.6 Å². The summed E-state index contributed by atoms with van der Waals surface area (Å²) >= 11 is 0. The van der Waals surface area contributed by atoms with Gasteiger partial charge >= 0.3 is 0 Å². The van der Waals surface area contributed by atoms with Gasteiger partial charge in [-0.05, 0) is 31.5 Å². The fourth-order valence-electron chi connectivity index (χ4n) is 2.83. The maximum absolute atomic E-state index is 6.17. The normalized spacial score (nSPS) is 19.1. The Hall–Kier alpha value is -2.16. The van der Waals surface area contributed by atoms with Crippen LogP contribution in [0.5, 0.6) is 5.75 Å². The minimum Gasteiger partial charge on any atom is -0.487 e. The molecule has 0 spiro atoms. The first-order valence-electron chi connectivity index (χ1n) is 7.03. The molecule has 0 fully saturated rings. The van der Waals surface area contributed by atoms with Crippen LogP contribution >= 0.6 is 0 Å². The molecule has 104 valence electrons. The van der Waals surface area contributed by atoms with Gasteiger partial charge < -0.3 is 15.4 Å². The largest absolute Gasteiger partial charge is 0.487 e. The van der Waals surface area contributed by atoms with Crippen molar-refractivity contribution in [2.75, 3.05) is 17.2 Å². The molecule has 0 radical (unpaired) electrons. The molecule has 20 heavy (non-hydrogen) atoms. The molecule has 0 aromatic heterocycles. The van der Waals surface area contributed by atoms with Crippen molar-refractivity contribution < 1.29 is 4.74 Å². The summed E-state index contributed by atoms with van der Waals surface area (Å²) in [6.45, 7) is 5.15. The summed E-state index contributed by atoms with van der Waals surface area (Å²) in [4.78, 5) is 2.34. The summed E-state index contributed by atoms with van der Waals surface area (Å²) in [5, 5.41) is 0. The van der Waals surface area contributed by atoms with Gasteiger partial charge in [-0.3, -0.25) is 0 Å². The second kappa shape index (κ2) is 5.08. The molecule has 0 saturated carbocycles. The predicted octanol–water partition coefficient (Wildman–Crippen LogP) is 3.62. The lowest BCUT2D eigenvalue weighted by atomic mass is 10.0. The second-order valence-electron chi connectivity index (χ2n) is 5.36. The number of para-hydroxylation sites is 1. The van der Waals surface area contributed by atoms with Crippen molar-refractivity contribution >= 4 is 11.4 Å². The topological polar surface area (TPSA) is 38.5 Å². The highest BCUT2D eigenvalue weighted by molar-refractivity contribution is 5.76. The number of nitrogen functional groups attached to an aromatic ring is 1. The standard InChI is InChI=1S/C17H20N2O/c1-12-11-19(13(2)14-7-4-3-5-8-14)17-15(18)9-6-10-16(17)20-12/h3-10,12-13H,11,18H2,1-2H3. The zero-order chi connectivity index (χ0) is 14.1. The Kier molecular flexibility index (Phi) is 3.26. The van der Waals surface area contributed by atoms with Crippen molar-refractivity contribution in [3.05, 3.63) is 54.1 Å². The van der Waals surface area contributed by atoms with Crippen LogP contribution in [0.4, 0.5) is 11.4 Å². The SMILES string of the molecule is CC1CN(C(C)c2ccccc2)c2c(N)cccc2O1. The zero-order valence-corrected chi connectivity index (χ0v) is 11.9. The Morgan fingerprint density at radius 1 is 1.15 bits per heavy atom. The van der Waals surface area contributed by atoms with Crippen LogP contribution in [0.1, 0.15) is 25.5 Å². The van der Waals surface area contributed by atoms with Gasteiger partial charge in [0.1, 0.15) is 17.5 Å². The zero-order valence-electron chi connectivity index (χ0n) is 11.9. The molecular weight excluding hydrogens is 248 g/mol. The third-order valence-electron chi connectivity index (χ3n) is 3.85. The summed E-state index contributed by atoms with van der Waals surface area (Å²) in [6.07, 6.45) is 0.162. The molecule has 1 aliphatic rings. The number of nitrogens with two attached hydrogens (primary N) is 1. The van der Waals surface area contributed by atoms with E-state index in [1.807, 2.05) is 24.3 Å². The van der Waals surface area contributed by atoms with Crippen molar-refractivity contribution in [3.8, 4) is 5.75 Å². The lowest BCUT2D eigenvalue weighted by Crippen LogP contribution is -2.40. The Balaban J connectivity index is 2.03. The van der Waals surface area contributed by atoms with Gasteiger partial charge in [-0.1, -0.05) is 36.4 Å². The van der Waals surface area contributed by atoms with E-state index in [-0.39, 0.29) is 12.1 Å². The van der Waals surface area contributed by atoms with Crippen LogP contribution in [0.25, 0.3) is 0 Å². The van der Waals surface area contributed by atoms with Gasteiger partial charge in [0.05, 0.1) is 18.3 Å². The van der Waals surface area contributed by atoms with Crippen molar-refractivity contribution in [2.45, 2.75) is 26.0 Å². The van der Waals surface area contributed by atoms with Crippen molar-refractivity contribution in [1.82, 2.24) is 0 Å². The van der Waals surface area contributed by atoms with E-state index in [0.717, 1.165) is 23.7 Å². The molecule has 2 unspecified atom stereocenters. The number of ether oxygens (including phenoxy) is 1. The Bertz CT molecular complexity index is 597. The molecule has 2 atom stereocenters. The van der Waals surface area contributed by atoms with Crippen molar-refractivity contribution in [1.29, 1.82) is 0 Å². The van der Waals surface area contributed by atoms with E-state index >= 15 is 0 Å². The summed E-state index contributed by atoms with van der Waals surface area (Å²) < 4.78 is 5.91. The third kappa shape index (κ3) is 2.20. The number of hydrogen-bond donors (Lipinski definition) is 1. The fraction of sp³-hybridized carbons (Fsp3) is 0.294. The summed E-state index contributed by atoms with van der Waals surface area (Å²) in [6, 6.07) is 16.6. The summed E-state index contributed by atoms with van der Waals surface area (Å²) in [5.41, 5.74) is 9.25. The molecule has 0 amide bonds. The number of anilines is 2. The van der Waals surface area contributed by atoms with Gasteiger partial charge in [0.15, 0.2) is 0 Å². The highest BCUT2D eigenvalue weighted by Gasteiger charge is 2.28. The third-order valence-corrected chi connectivity index (χ3v) is 3.85. The average Bonchev–Trinajstić information content (AvgIpc) is 2.46. The number of rotatable bonds is 2. The highest BCUT2D eigenvalue weighted by atomic mass is 16.5.